The standard InChI is InChI=1S/C24H26BrN5O3/c1-16-23(30-14-18(25)9-12-21(30)27-16)24(32)29-26-13-17-7-10-20(11-8-17)33-15-22(31)28-19-5-3-2-4-6-19/h7-14,19H,2-6,15H2,1H3,(H,28,31)(H,29,32)/b26-13-. The van der Waals surface area contributed by atoms with Crippen molar-refractivity contribution in [2.24, 2.45) is 5.10 Å². The smallest absolute Gasteiger partial charge is 0.290 e. The summed E-state index contributed by atoms with van der Waals surface area (Å²) in [6.07, 6.45) is 9.03. The molecule has 3 aromatic rings. The predicted molar refractivity (Wildman–Crippen MR) is 130 cm³/mol. The van der Waals surface area contributed by atoms with Crippen LogP contribution in [0.15, 0.2) is 52.2 Å². The highest BCUT2D eigenvalue weighted by Gasteiger charge is 2.17. The average Bonchev–Trinajstić information content (AvgIpc) is 3.14. The second-order valence-electron chi connectivity index (χ2n) is 8.08. The van der Waals surface area contributed by atoms with Gasteiger partial charge in [0.05, 0.1) is 11.9 Å². The summed E-state index contributed by atoms with van der Waals surface area (Å²) < 4.78 is 8.15. The molecular weight excluding hydrogens is 486 g/mol. The van der Waals surface area contributed by atoms with Crippen molar-refractivity contribution in [1.29, 1.82) is 0 Å². The third-order valence-corrected chi connectivity index (χ3v) is 6.04. The second-order valence-corrected chi connectivity index (χ2v) is 9.00. The third kappa shape index (κ3) is 5.98. The SMILES string of the molecule is Cc1nc2ccc(Br)cn2c1C(=O)N/N=C\c1ccc(OCC(=O)NC2CCCCC2)cc1. The van der Waals surface area contributed by atoms with Gasteiger partial charge < -0.3 is 10.1 Å². The average molecular weight is 512 g/mol. The summed E-state index contributed by atoms with van der Waals surface area (Å²) >= 11 is 3.41. The van der Waals surface area contributed by atoms with E-state index in [1.165, 1.54) is 19.3 Å². The van der Waals surface area contributed by atoms with E-state index in [9.17, 15) is 9.59 Å². The Morgan fingerprint density at radius 3 is 2.70 bits per heavy atom. The highest BCUT2D eigenvalue weighted by atomic mass is 79.9. The number of aromatic nitrogens is 2. The Balaban J connectivity index is 1.29. The first-order chi connectivity index (χ1) is 16.0. The van der Waals surface area contributed by atoms with Crippen LogP contribution in [-0.4, -0.2) is 40.1 Å². The van der Waals surface area contributed by atoms with E-state index in [1.807, 2.05) is 12.1 Å². The Hall–Kier alpha value is -3.20. The number of fused-ring (bicyclic) bond motifs is 1. The Bertz CT molecular complexity index is 1170. The van der Waals surface area contributed by atoms with Gasteiger partial charge in [-0.2, -0.15) is 5.10 Å². The van der Waals surface area contributed by atoms with E-state index < -0.39 is 0 Å². The van der Waals surface area contributed by atoms with Crippen molar-refractivity contribution >= 4 is 39.6 Å². The van der Waals surface area contributed by atoms with Crippen LogP contribution in [-0.2, 0) is 4.79 Å². The molecule has 1 aliphatic carbocycles. The maximum absolute atomic E-state index is 12.6. The first-order valence-corrected chi connectivity index (χ1v) is 11.8. The predicted octanol–water partition coefficient (Wildman–Crippen LogP) is 4.00. The van der Waals surface area contributed by atoms with Crippen molar-refractivity contribution in [3.8, 4) is 5.75 Å². The molecule has 1 fully saturated rings. The number of aryl methyl sites for hydroxylation is 1. The molecule has 0 unspecified atom stereocenters. The molecule has 2 heterocycles. The molecule has 1 aromatic carbocycles. The zero-order valence-electron chi connectivity index (χ0n) is 18.4. The van der Waals surface area contributed by atoms with E-state index in [2.05, 4.69) is 36.8 Å². The number of halogens is 1. The van der Waals surface area contributed by atoms with Crippen LogP contribution in [0.5, 0.6) is 5.75 Å². The normalized spacial score (nSPS) is 14.5. The summed E-state index contributed by atoms with van der Waals surface area (Å²) in [6, 6.07) is 11.1. The summed E-state index contributed by atoms with van der Waals surface area (Å²) in [7, 11) is 0. The van der Waals surface area contributed by atoms with Crippen LogP contribution in [0.3, 0.4) is 0 Å². The number of pyridine rings is 1. The van der Waals surface area contributed by atoms with E-state index in [0.29, 0.717) is 22.8 Å². The van der Waals surface area contributed by atoms with Crippen LogP contribution in [0.25, 0.3) is 5.65 Å². The fourth-order valence-corrected chi connectivity index (χ4v) is 4.28. The molecule has 0 atom stereocenters. The van der Waals surface area contributed by atoms with Gasteiger partial charge in [-0.3, -0.25) is 14.0 Å². The van der Waals surface area contributed by atoms with Crippen molar-refractivity contribution in [2.75, 3.05) is 6.61 Å². The monoisotopic (exact) mass is 511 g/mol. The Kier molecular flexibility index (Phi) is 7.39. The van der Waals surface area contributed by atoms with Crippen LogP contribution in [0.4, 0.5) is 0 Å². The number of amides is 2. The van der Waals surface area contributed by atoms with Gasteiger partial charge in [-0.05, 0) is 77.7 Å². The second kappa shape index (κ2) is 10.6. The number of nitrogens with zero attached hydrogens (tertiary/aromatic N) is 3. The van der Waals surface area contributed by atoms with Crippen molar-refractivity contribution in [3.63, 3.8) is 0 Å². The molecule has 0 aliphatic heterocycles. The number of carbonyl (C=O) groups is 2. The van der Waals surface area contributed by atoms with Gasteiger partial charge >= 0.3 is 0 Å². The molecule has 0 spiro atoms. The van der Waals surface area contributed by atoms with Crippen LogP contribution < -0.4 is 15.5 Å². The lowest BCUT2D eigenvalue weighted by Gasteiger charge is -2.22. The number of rotatable bonds is 7. The molecule has 172 valence electrons. The van der Waals surface area contributed by atoms with Gasteiger partial charge in [0.2, 0.25) is 0 Å². The number of hydrogen-bond acceptors (Lipinski definition) is 5. The molecule has 33 heavy (non-hydrogen) atoms. The minimum atomic E-state index is -0.349. The van der Waals surface area contributed by atoms with Crippen LogP contribution >= 0.6 is 15.9 Å². The molecule has 8 nitrogen and oxygen atoms in total. The summed E-state index contributed by atoms with van der Waals surface area (Å²) in [6.45, 7) is 1.78. The van der Waals surface area contributed by atoms with Gasteiger partial charge in [-0.1, -0.05) is 19.3 Å². The zero-order valence-corrected chi connectivity index (χ0v) is 20.0. The molecule has 0 bridgehead atoms. The van der Waals surface area contributed by atoms with Crippen molar-refractivity contribution in [3.05, 3.63) is 64.0 Å². The molecule has 2 N–H and O–H groups in total. The highest BCUT2D eigenvalue weighted by Crippen LogP contribution is 2.18. The van der Waals surface area contributed by atoms with Gasteiger partial charge in [-0.15, -0.1) is 0 Å². The Morgan fingerprint density at radius 1 is 1.18 bits per heavy atom. The molecule has 1 aliphatic rings. The summed E-state index contributed by atoms with van der Waals surface area (Å²) in [5.41, 5.74) is 5.07. The molecular formula is C24H26BrN5O3. The highest BCUT2D eigenvalue weighted by molar-refractivity contribution is 9.10. The maximum Gasteiger partial charge on any atom is 0.290 e. The number of ether oxygens (including phenoxy) is 1. The van der Waals surface area contributed by atoms with E-state index >= 15 is 0 Å². The van der Waals surface area contributed by atoms with Gasteiger partial charge in [0.15, 0.2) is 6.61 Å². The topological polar surface area (TPSA) is 97.1 Å². The zero-order chi connectivity index (χ0) is 23.2. The molecule has 0 saturated heterocycles. The van der Waals surface area contributed by atoms with E-state index in [4.69, 9.17) is 4.74 Å². The number of hydrogen-bond donors (Lipinski definition) is 2. The van der Waals surface area contributed by atoms with Gasteiger partial charge in [0.1, 0.15) is 17.1 Å². The van der Waals surface area contributed by atoms with Crippen LogP contribution in [0.2, 0.25) is 0 Å². The number of benzene rings is 1. The van der Waals surface area contributed by atoms with E-state index in [1.54, 1.807) is 48.0 Å². The Morgan fingerprint density at radius 2 is 1.94 bits per heavy atom. The third-order valence-electron chi connectivity index (χ3n) is 5.57. The molecule has 0 radical (unpaired) electrons. The summed E-state index contributed by atoms with van der Waals surface area (Å²) in [5.74, 6) is 0.158. The molecule has 4 rings (SSSR count). The first kappa shape index (κ1) is 23.0. The number of carbonyl (C=O) groups excluding carboxylic acids is 2. The first-order valence-electron chi connectivity index (χ1n) is 11.0. The lowest BCUT2D eigenvalue weighted by molar-refractivity contribution is -0.124. The number of imidazole rings is 1. The fourth-order valence-electron chi connectivity index (χ4n) is 3.94. The van der Waals surface area contributed by atoms with Gasteiger partial charge in [0, 0.05) is 16.7 Å². The molecule has 9 heteroatoms. The van der Waals surface area contributed by atoms with Crippen LogP contribution in [0.1, 0.15) is 53.8 Å². The minimum absolute atomic E-state index is 0.00519. The van der Waals surface area contributed by atoms with E-state index in [-0.39, 0.29) is 24.5 Å². The number of nitrogens with one attached hydrogen (secondary N) is 2. The quantitative estimate of drug-likeness (QED) is 0.370. The van der Waals surface area contributed by atoms with E-state index in [0.717, 1.165) is 22.9 Å². The lowest BCUT2D eigenvalue weighted by Crippen LogP contribution is -2.38. The van der Waals surface area contributed by atoms with Crippen LogP contribution in [0, 0.1) is 6.92 Å². The maximum atomic E-state index is 12.6. The van der Waals surface area contributed by atoms with Crippen molar-refractivity contribution in [1.82, 2.24) is 20.1 Å². The van der Waals surface area contributed by atoms with Crippen molar-refractivity contribution in [2.45, 2.75) is 45.1 Å². The molecule has 2 aromatic heterocycles. The molecule has 1 saturated carbocycles. The van der Waals surface area contributed by atoms with Gasteiger partial charge in [-0.25, -0.2) is 10.4 Å². The number of hydrazone groups is 1. The minimum Gasteiger partial charge on any atom is -0.484 e. The van der Waals surface area contributed by atoms with Crippen molar-refractivity contribution < 1.29 is 14.3 Å². The van der Waals surface area contributed by atoms with Gasteiger partial charge in [0.25, 0.3) is 11.8 Å². The summed E-state index contributed by atoms with van der Waals surface area (Å²) in [4.78, 5) is 29.1. The lowest BCUT2D eigenvalue weighted by atomic mass is 9.95. The molecule has 2 amide bonds. The largest absolute Gasteiger partial charge is 0.484 e. The fraction of sp³-hybridized carbons (Fsp3) is 0.333. The summed E-state index contributed by atoms with van der Waals surface area (Å²) in [5, 5.41) is 7.09. The Labute approximate surface area is 200 Å².